The number of ketones is 1. The lowest BCUT2D eigenvalue weighted by molar-refractivity contribution is -0.114. The second-order valence-electron chi connectivity index (χ2n) is 8.08. The van der Waals surface area contributed by atoms with Gasteiger partial charge in [-0.05, 0) is 85.3 Å². The number of carbonyl (C=O) groups excluding carboxylic acids is 1. The molecule has 0 aromatic rings. The molecule has 0 aromatic carbocycles. The summed E-state index contributed by atoms with van der Waals surface area (Å²) in [6, 6.07) is 0. The molecule has 1 nitrogen and oxygen atoms in total. The van der Waals surface area contributed by atoms with Crippen molar-refractivity contribution in [1.82, 2.24) is 0 Å². The van der Waals surface area contributed by atoms with Gasteiger partial charge < -0.3 is 0 Å². The highest BCUT2D eigenvalue weighted by atomic mass is 16.1. The second kappa shape index (κ2) is 4.83. The Kier molecular flexibility index (Phi) is 3.17. The third kappa shape index (κ3) is 1.92. The summed E-state index contributed by atoms with van der Waals surface area (Å²) < 4.78 is 0. The van der Waals surface area contributed by atoms with Gasteiger partial charge in [-0.3, -0.25) is 4.79 Å². The van der Waals surface area contributed by atoms with Crippen LogP contribution in [0.15, 0.2) is 22.8 Å². The minimum atomic E-state index is 0.361. The van der Waals surface area contributed by atoms with Crippen LogP contribution in [0.3, 0.4) is 0 Å². The van der Waals surface area contributed by atoms with E-state index in [0.717, 1.165) is 30.6 Å². The van der Waals surface area contributed by atoms with Gasteiger partial charge in [0.2, 0.25) is 0 Å². The molecule has 1 heteroatoms. The zero-order chi connectivity index (χ0) is 14.6. The Hall–Kier alpha value is -0.850. The summed E-state index contributed by atoms with van der Waals surface area (Å²) in [4.78, 5) is 11.7. The third-order valence-corrected chi connectivity index (χ3v) is 7.42. The lowest BCUT2D eigenvalue weighted by Gasteiger charge is -2.49. The normalized spacial score (nSPS) is 42.3. The van der Waals surface area contributed by atoms with Crippen molar-refractivity contribution in [2.24, 2.45) is 23.2 Å². The van der Waals surface area contributed by atoms with Crippen LogP contribution in [0, 0.1) is 23.2 Å². The zero-order valence-corrected chi connectivity index (χ0v) is 13.6. The predicted molar refractivity (Wildman–Crippen MR) is 85.9 cm³/mol. The van der Waals surface area contributed by atoms with E-state index in [9.17, 15) is 4.79 Å². The average molecular weight is 284 g/mol. The highest BCUT2D eigenvalue weighted by Crippen LogP contribution is 2.62. The quantitative estimate of drug-likeness (QED) is 0.645. The van der Waals surface area contributed by atoms with Gasteiger partial charge in [0.25, 0.3) is 0 Å². The SMILES string of the molecule is CC[C@H]1CCC2C3CCC4=CC(=O)CCC4=C3CC[C@@]21C. The smallest absolute Gasteiger partial charge is 0.156 e. The summed E-state index contributed by atoms with van der Waals surface area (Å²) in [5, 5.41) is 0. The lowest BCUT2D eigenvalue weighted by Crippen LogP contribution is -2.40. The van der Waals surface area contributed by atoms with E-state index >= 15 is 0 Å². The Balaban J connectivity index is 1.71. The van der Waals surface area contributed by atoms with E-state index in [1.54, 1.807) is 11.1 Å². The van der Waals surface area contributed by atoms with Crippen molar-refractivity contribution >= 4 is 5.78 Å². The maximum Gasteiger partial charge on any atom is 0.156 e. The van der Waals surface area contributed by atoms with Crippen LogP contribution in [0.4, 0.5) is 0 Å². The van der Waals surface area contributed by atoms with Crippen molar-refractivity contribution in [3.8, 4) is 0 Å². The molecule has 0 spiro atoms. The predicted octanol–water partition coefficient (Wildman–Crippen LogP) is 5.22. The lowest BCUT2D eigenvalue weighted by atomic mass is 9.56. The van der Waals surface area contributed by atoms with Crippen molar-refractivity contribution in [2.45, 2.75) is 71.6 Å². The topological polar surface area (TPSA) is 17.1 Å². The summed E-state index contributed by atoms with van der Waals surface area (Å²) in [6.07, 6.45) is 13.2. The first-order valence-corrected chi connectivity index (χ1v) is 9.09. The standard InChI is InChI=1S/C20H28O/c1-3-14-5-9-19-18-7-4-13-12-15(21)6-8-16(13)17(18)10-11-20(14,19)2/h12,14,18-19H,3-11H2,1-2H3/t14-,18?,19?,20+/m0/s1. The molecule has 0 radical (unpaired) electrons. The molecule has 0 heterocycles. The molecule has 0 saturated heterocycles. The van der Waals surface area contributed by atoms with Crippen LogP contribution in [0.25, 0.3) is 0 Å². The van der Waals surface area contributed by atoms with Gasteiger partial charge in [-0.1, -0.05) is 25.8 Å². The van der Waals surface area contributed by atoms with E-state index in [2.05, 4.69) is 13.8 Å². The van der Waals surface area contributed by atoms with Gasteiger partial charge in [0, 0.05) is 6.42 Å². The molecule has 114 valence electrons. The van der Waals surface area contributed by atoms with Crippen LogP contribution in [0.5, 0.6) is 0 Å². The molecule has 2 fully saturated rings. The van der Waals surface area contributed by atoms with Crippen LogP contribution in [-0.4, -0.2) is 5.78 Å². The molecule has 0 N–H and O–H groups in total. The monoisotopic (exact) mass is 284 g/mol. The molecule has 4 aliphatic rings. The number of carbonyl (C=O) groups is 1. The van der Waals surface area contributed by atoms with Crippen LogP contribution in [0.2, 0.25) is 0 Å². The Labute approximate surface area is 128 Å². The molecule has 2 unspecified atom stereocenters. The first kappa shape index (κ1) is 13.8. The van der Waals surface area contributed by atoms with E-state index in [0.29, 0.717) is 11.2 Å². The van der Waals surface area contributed by atoms with Gasteiger partial charge in [-0.25, -0.2) is 0 Å². The van der Waals surface area contributed by atoms with Crippen LogP contribution >= 0.6 is 0 Å². The summed E-state index contributed by atoms with van der Waals surface area (Å²) >= 11 is 0. The van der Waals surface area contributed by atoms with Gasteiger partial charge >= 0.3 is 0 Å². The Morgan fingerprint density at radius 3 is 2.81 bits per heavy atom. The second-order valence-corrected chi connectivity index (χ2v) is 8.08. The van der Waals surface area contributed by atoms with E-state index in [1.807, 2.05) is 6.08 Å². The largest absolute Gasteiger partial charge is 0.295 e. The van der Waals surface area contributed by atoms with Crippen molar-refractivity contribution in [2.75, 3.05) is 0 Å². The minimum Gasteiger partial charge on any atom is -0.295 e. The van der Waals surface area contributed by atoms with Gasteiger partial charge in [-0.2, -0.15) is 0 Å². The zero-order valence-electron chi connectivity index (χ0n) is 13.6. The number of hydrogen-bond acceptors (Lipinski definition) is 1. The first-order chi connectivity index (χ1) is 10.1. The van der Waals surface area contributed by atoms with Crippen molar-refractivity contribution in [3.63, 3.8) is 0 Å². The number of fused-ring (bicyclic) bond motifs is 4. The van der Waals surface area contributed by atoms with Gasteiger partial charge in [0.1, 0.15) is 0 Å². The molecular formula is C20H28O. The van der Waals surface area contributed by atoms with E-state index in [-0.39, 0.29) is 0 Å². The minimum absolute atomic E-state index is 0.361. The number of rotatable bonds is 1. The summed E-state index contributed by atoms with van der Waals surface area (Å²) in [5.41, 5.74) is 5.41. The van der Waals surface area contributed by atoms with Crippen molar-refractivity contribution in [3.05, 3.63) is 22.8 Å². The maximum atomic E-state index is 11.7. The molecule has 21 heavy (non-hydrogen) atoms. The fourth-order valence-electron chi connectivity index (χ4n) is 6.31. The fourth-order valence-corrected chi connectivity index (χ4v) is 6.31. The molecule has 0 aliphatic heterocycles. The van der Waals surface area contributed by atoms with Gasteiger partial charge in [0.15, 0.2) is 5.78 Å². The molecule has 0 aromatic heterocycles. The van der Waals surface area contributed by atoms with E-state index in [4.69, 9.17) is 0 Å². The molecule has 4 atom stereocenters. The Morgan fingerprint density at radius 1 is 1.14 bits per heavy atom. The van der Waals surface area contributed by atoms with Crippen LogP contribution in [-0.2, 0) is 4.79 Å². The summed E-state index contributed by atoms with van der Waals surface area (Å²) in [5.74, 6) is 3.10. The molecule has 2 saturated carbocycles. The molecule has 4 rings (SSSR count). The van der Waals surface area contributed by atoms with E-state index in [1.165, 1.54) is 50.5 Å². The Morgan fingerprint density at radius 2 is 2.00 bits per heavy atom. The number of allylic oxidation sites excluding steroid dienone is 4. The Bertz CT molecular complexity index is 538. The van der Waals surface area contributed by atoms with Crippen LogP contribution < -0.4 is 0 Å². The van der Waals surface area contributed by atoms with Crippen molar-refractivity contribution in [1.29, 1.82) is 0 Å². The van der Waals surface area contributed by atoms with Gasteiger partial charge in [-0.15, -0.1) is 0 Å². The maximum absolute atomic E-state index is 11.7. The highest BCUT2D eigenvalue weighted by Gasteiger charge is 2.52. The molecule has 0 bridgehead atoms. The average Bonchev–Trinajstić information content (AvgIpc) is 2.83. The molecule has 0 amide bonds. The highest BCUT2D eigenvalue weighted by molar-refractivity contribution is 5.93. The summed E-state index contributed by atoms with van der Waals surface area (Å²) in [7, 11) is 0. The first-order valence-electron chi connectivity index (χ1n) is 9.09. The third-order valence-electron chi connectivity index (χ3n) is 7.42. The van der Waals surface area contributed by atoms with Crippen LogP contribution in [0.1, 0.15) is 71.6 Å². The van der Waals surface area contributed by atoms with Crippen molar-refractivity contribution < 1.29 is 4.79 Å². The molecule has 4 aliphatic carbocycles. The number of hydrogen-bond donors (Lipinski definition) is 0. The fraction of sp³-hybridized carbons (Fsp3) is 0.750. The summed E-state index contributed by atoms with van der Waals surface area (Å²) in [6.45, 7) is 4.98. The van der Waals surface area contributed by atoms with E-state index < -0.39 is 0 Å². The van der Waals surface area contributed by atoms with Gasteiger partial charge in [0.05, 0.1) is 0 Å². The molecular weight excluding hydrogens is 256 g/mol.